The van der Waals surface area contributed by atoms with Gasteiger partial charge in [-0.05, 0) is 38.4 Å². The molecule has 0 bridgehead atoms. The zero-order valence-electron chi connectivity index (χ0n) is 13.3. The van der Waals surface area contributed by atoms with Crippen LogP contribution in [-0.2, 0) is 4.79 Å². The van der Waals surface area contributed by atoms with Crippen molar-refractivity contribution in [1.29, 1.82) is 0 Å². The summed E-state index contributed by atoms with van der Waals surface area (Å²) in [5.74, 6) is 0.275. The van der Waals surface area contributed by atoms with Crippen LogP contribution < -0.4 is 10.2 Å². The first-order valence-electron chi connectivity index (χ1n) is 8.22. The average molecular weight is 299 g/mol. The molecule has 0 spiro atoms. The SMILES string of the molecule is CN1CCN(c2ccccc2NC(=O)[C@H]2CC=CCC2)CC1. The Kier molecular flexibility index (Phi) is 4.78. The maximum absolute atomic E-state index is 12.5. The summed E-state index contributed by atoms with van der Waals surface area (Å²) >= 11 is 0. The van der Waals surface area contributed by atoms with E-state index in [1.807, 2.05) is 18.2 Å². The molecule has 0 unspecified atom stereocenters. The van der Waals surface area contributed by atoms with Crippen molar-refractivity contribution in [2.45, 2.75) is 19.3 Å². The minimum atomic E-state index is 0.116. The second-order valence-corrected chi connectivity index (χ2v) is 6.28. The fourth-order valence-electron chi connectivity index (χ4n) is 3.17. The van der Waals surface area contributed by atoms with Crippen molar-refractivity contribution in [1.82, 2.24) is 4.90 Å². The molecule has 0 radical (unpaired) electrons. The molecule has 0 aromatic heterocycles. The number of rotatable bonds is 3. The molecule has 4 nitrogen and oxygen atoms in total. The van der Waals surface area contributed by atoms with Crippen molar-refractivity contribution in [3.63, 3.8) is 0 Å². The number of carbonyl (C=O) groups excluding carboxylic acids is 1. The predicted octanol–water partition coefficient (Wildman–Crippen LogP) is 2.73. The third-order valence-electron chi connectivity index (χ3n) is 4.65. The molecule has 118 valence electrons. The van der Waals surface area contributed by atoms with Crippen LogP contribution in [0, 0.1) is 5.92 Å². The van der Waals surface area contributed by atoms with E-state index in [9.17, 15) is 4.79 Å². The average Bonchev–Trinajstić information content (AvgIpc) is 2.57. The van der Waals surface area contributed by atoms with E-state index in [1.165, 1.54) is 0 Å². The molecule has 2 aliphatic rings. The molecule has 1 atom stereocenters. The monoisotopic (exact) mass is 299 g/mol. The van der Waals surface area contributed by atoms with E-state index in [-0.39, 0.29) is 11.8 Å². The van der Waals surface area contributed by atoms with Gasteiger partial charge in [-0.25, -0.2) is 0 Å². The van der Waals surface area contributed by atoms with Gasteiger partial charge in [0, 0.05) is 32.1 Å². The van der Waals surface area contributed by atoms with E-state index in [2.05, 4.69) is 40.4 Å². The highest BCUT2D eigenvalue weighted by atomic mass is 16.1. The van der Waals surface area contributed by atoms with Crippen molar-refractivity contribution < 1.29 is 4.79 Å². The Hall–Kier alpha value is -1.81. The van der Waals surface area contributed by atoms with Gasteiger partial charge in [-0.15, -0.1) is 0 Å². The zero-order valence-corrected chi connectivity index (χ0v) is 13.3. The van der Waals surface area contributed by atoms with Crippen LogP contribution in [0.2, 0.25) is 0 Å². The zero-order chi connectivity index (χ0) is 15.4. The highest BCUT2D eigenvalue weighted by Gasteiger charge is 2.21. The fraction of sp³-hybridized carbons (Fsp3) is 0.500. The van der Waals surface area contributed by atoms with Crippen LogP contribution in [0.1, 0.15) is 19.3 Å². The van der Waals surface area contributed by atoms with Crippen LogP contribution in [0.4, 0.5) is 11.4 Å². The number of anilines is 2. The summed E-state index contributed by atoms with van der Waals surface area (Å²) < 4.78 is 0. The van der Waals surface area contributed by atoms with Gasteiger partial charge in [-0.1, -0.05) is 24.3 Å². The maximum Gasteiger partial charge on any atom is 0.227 e. The number of hydrogen-bond donors (Lipinski definition) is 1. The second kappa shape index (κ2) is 6.97. The summed E-state index contributed by atoms with van der Waals surface area (Å²) in [6, 6.07) is 8.18. The third kappa shape index (κ3) is 3.50. The second-order valence-electron chi connectivity index (χ2n) is 6.28. The summed E-state index contributed by atoms with van der Waals surface area (Å²) in [6.45, 7) is 4.15. The molecule has 22 heavy (non-hydrogen) atoms. The molecule has 1 saturated heterocycles. The van der Waals surface area contributed by atoms with E-state index in [4.69, 9.17) is 0 Å². The Labute approximate surface area is 132 Å². The minimum Gasteiger partial charge on any atom is -0.367 e. The number of allylic oxidation sites excluding steroid dienone is 2. The molecule has 0 saturated carbocycles. The number of hydrogen-bond acceptors (Lipinski definition) is 3. The number of piperazine rings is 1. The van der Waals surface area contributed by atoms with Gasteiger partial charge in [0.05, 0.1) is 11.4 Å². The maximum atomic E-state index is 12.5. The number of benzene rings is 1. The first-order chi connectivity index (χ1) is 10.7. The third-order valence-corrected chi connectivity index (χ3v) is 4.65. The molecule has 1 heterocycles. The summed E-state index contributed by atoms with van der Waals surface area (Å²) in [6.07, 6.45) is 7.13. The summed E-state index contributed by atoms with van der Waals surface area (Å²) in [7, 11) is 2.15. The standard InChI is InChI=1S/C18H25N3O/c1-20-11-13-21(14-12-20)17-10-6-5-9-16(17)19-18(22)15-7-3-2-4-8-15/h2-3,5-6,9-10,15H,4,7-8,11-14H2,1H3,(H,19,22)/t15-/m0/s1. The van der Waals surface area contributed by atoms with Crippen molar-refractivity contribution in [2.75, 3.05) is 43.4 Å². The van der Waals surface area contributed by atoms with Gasteiger partial charge in [0.15, 0.2) is 0 Å². The lowest BCUT2D eigenvalue weighted by molar-refractivity contribution is -0.120. The van der Waals surface area contributed by atoms with Gasteiger partial charge < -0.3 is 15.1 Å². The molecular weight excluding hydrogens is 274 g/mol. The normalized spacial score (nSPS) is 22.6. The predicted molar refractivity (Wildman–Crippen MR) is 91.3 cm³/mol. The van der Waals surface area contributed by atoms with Crippen molar-refractivity contribution in [3.05, 3.63) is 36.4 Å². The Bertz CT molecular complexity index is 547. The first kappa shape index (κ1) is 15.1. The highest BCUT2D eigenvalue weighted by molar-refractivity contribution is 5.96. The summed E-state index contributed by atoms with van der Waals surface area (Å²) in [5.41, 5.74) is 2.10. The number of likely N-dealkylation sites (N-methyl/N-ethyl adjacent to an activating group) is 1. The molecule has 3 rings (SSSR count). The molecule has 1 aromatic carbocycles. The summed E-state index contributed by atoms with van der Waals surface area (Å²) in [4.78, 5) is 17.2. The molecule has 1 amide bonds. The Morgan fingerprint density at radius 3 is 2.64 bits per heavy atom. The highest BCUT2D eigenvalue weighted by Crippen LogP contribution is 2.28. The van der Waals surface area contributed by atoms with Gasteiger partial charge in [0.25, 0.3) is 0 Å². The number of nitrogens with zero attached hydrogens (tertiary/aromatic N) is 2. The van der Waals surface area contributed by atoms with Gasteiger partial charge in [0.1, 0.15) is 0 Å². The molecular formula is C18H25N3O. The Balaban J connectivity index is 1.71. The minimum absolute atomic E-state index is 0.116. The lowest BCUT2D eigenvalue weighted by atomic mass is 9.93. The van der Waals surface area contributed by atoms with Crippen molar-refractivity contribution in [3.8, 4) is 0 Å². The van der Waals surface area contributed by atoms with E-state index in [0.717, 1.165) is 56.8 Å². The van der Waals surface area contributed by atoms with E-state index >= 15 is 0 Å². The lowest BCUT2D eigenvalue weighted by Gasteiger charge is -2.35. The fourth-order valence-corrected chi connectivity index (χ4v) is 3.17. The van der Waals surface area contributed by atoms with Crippen LogP contribution in [0.25, 0.3) is 0 Å². The molecule has 4 heteroatoms. The molecule has 1 fully saturated rings. The van der Waals surface area contributed by atoms with Gasteiger partial charge in [-0.2, -0.15) is 0 Å². The van der Waals surface area contributed by atoms with Gasteiger partial charge >= 0.3 is 0 Å². The van der Waals surface area contributed by atoms with Gasteiger partial charge in [-0.3, -0.25) is 4.79 Å². The van der Waals surface area contributed by atoms with Crippen LogP contribution in [0.3, 0.4) is 0 Å². The molecule has 1 N–H and O–H groups in total. The quantitative estimate of drug-likeness (QED) is 0.872. The van der Waals surface area contributed by atoms with Crippen LogP contribution in [0.15, 0.2) is 36.4 Å². The van der Waals surface area contributed by atoms with Crippen LogP contribution >= 0.6 is 0 Å². The summed E-state index contributed by atoms with van der Waals surface area (Å²) in [5, 5.41) is 3.16. The first-order valence-corrected chi connectivity index (χ1v) is 8.22. The number of amides is 1. The van der Waals surface area contributed by atoms with Crippen LogP contribution in [-0.4, -0.2) is 44.0 Å². The largest absolute Gasteiger partial charge is 0.367 e. The van der Waals surface area contributed by atoms with E-state index in [1.54, 1.807) is 0 Å². The number of nitrogens with one attached hydrogen (secondary N) is 1. The van der Waals surface area contributed by atoms with Crippen molar-refractivity contribution >= 4 is 17.3 Å². The van der Waals surface area contributed by atoms with Crippen molar-refractivity contribution in [2.24, 2.45) is 5.92 Å². The Morgan fingerprint density at radius 2 is 1.91 bits per heavy atom. The molecule has 1 aliphatic carbocycles. The smallest absolute Gasteiger partial charge is 0.227 e. The molecule has 1 aliphatic heterocycles. The van der Waals surface area contributed by atoms with Gasteiger partial charge in [0.2, 0.25) is 5.91 Å². The Morgan fingerprint density at radius 1 is 1.14 bits per heavy atom. The number of para-hydroxylation sites is 2. The van der Waals surface area contributed by atoms with Crippen LogP contribution in [0.5, 0.6) is 0 Å². The van der Waals surface area contributed by atoms with E-state index in [0.29, 0.717) is 0 Å². The topological polar surface area (TPSA) is 35.6 Å². The molecule has 1 aromatic rings. The lowest BCUT2D eigenvalue weighted by Crippen LogP contribution is -2.44. The van der Waals surface area contributed by atoms with E-state index < -0.39 is 0 Å². The number of carbonyl (C=O) groups is 1.